The number of rotatable bonds is 7. The number of anilines is 4. The second-order valence-corrected chi connectivity index (χ2v) is 9.21. The van der Waals surface area contributed by atoms with E-state index in [0.717, 1.165) is 5.56 Å². The van der Waals surface area contributed by atoms with Gasteiger partial charge in [-0.3, -0.25) is 19.8 Å². The highest BCUT2D eigenvalue weighted by molar-refractivity contribution is 7.17. The van der Waals surface area contributed by atoms with Gasteiger partial charge in [0, 0.05) is 26.2 Å². The Morgan fingerprint density at radius 2 is 1.91 bits per heavy atom. The van der Waals surface area contributed by atoms with Gasteiger partial charge in [-0.05, 0) is 25.5 Å². The number of nitrogens with two attached hydrogens (primary N) is 1. The first kappa shape index (κ1) is 23.8. The third-order valence-electron chi connectivity index (χ3n) is 5.18. The maximum atomic E-state index is 12.7. The molecule has 0 spiro atoms. The minimum Gasteiger partial charge on any atom is -0.369 e. The van der Waals surface area contributed by atoms with Gasteiger partial charge >= 0.3 is 0 Å². The number of nitrogens with zero attached hydrogens (tertiary/aromatic N) is 6. The molecule has 1 saturated heterocycles. The third kappa shape index (κ3) is 5.76. The number of hydrogen-bond acceptors (Lipinski definition) is 10. The van der Waals surface area contributed by atoms with Gasteiger partial charge in [0.15, 0.2) is 5.13 Å². The number of piperazine rings is 1. The van der Waals surface area contributed by atoms with Crippen molar-refractivity contribution in [3.63, 3.8) is 0 Å². The lowest BCUT2D eigenvalue weighted by Crippen LogP contribution is -2.49. The molecule has 3 heterocycles. The van der Waals surface area contributed by atoms with Gasteiger partial charge in [0.1, 0.15) is 10.7 Å². The number of primary amides is 1. The van der Waals surface area contributed by atoms with Crippen LogP contribution in [0.3, 0.4) is 0 Å². The second-order valence-electron chi connectivity index (χ2n) is 7.78. The summed E-state index contributed by atoms with van der Waals surface area (Å²) in [6.07, 6.45) is 1.49. The summed E-state index contributed by atoms with van der Waals surface area (Å²) in [6.45, 7) is 6.61. The van der Waals surface area contributed by atoms with Crippen LogP contribution in [-0.4, -0.2) is 69.4 Å². The summed E-state index contributed by atoms with van der Waals surface area (Å²) in [6, 6.07) is 5.43. The van der Waals surface area contributed by atoms with Crippen molar-refractivity contribution >= 4 is 57.5 Å². The standard InChI is InChI=1S/C21H24ClN9O2S/c1-12-4-3-5-14(22)17(12)27-18(33)15-10-24-21(34-15)29-19-25-13(2)26-20(28-19)31-8-6-30(7-9-31)11-16(23)32/h3-5,10H,6-9,11H2,1-2H3,(H2,23,32)(H,27,33)(H,24,25,26,28,29). The van der Waals surface area contributed by atoms with Crippen LogP contribution < -0.4 is 21.3 Å². The second kappa shape index (κ2) is 10.3. The largest absolute Gasteiger partial charge is 0.369 e. The fourth-order valence-electron chi connectivity index (χ4n) is 3.49. The minimum atomic E-state index is -0.338. The van der Waals surface area contributed by atoms with E-state index in [9.17, 15) is 9.59 Å². The number of aryl methyl sites for hydroxylation is 2. The normalized spacial score (nSPS) is 14.1. The van der Waals surface area contributed by atoms with E-state index >= 15 is 0 Å². The van der Waals surface area contributed by atoms with Crippen molar-refractivity contribution in [2.75, 3.05) is 48.3 Å². The van der Waals surface area contributed by atoms with E-state index in [2.05, 4.69) is 30.6 Å². The molecule has 0 aliphatic carbocycles. The Balaban J connectivity index is 1.42. The molecule has 2 aromatic heterocycles. The summed E-state index contributed by atoms with van der Waals surface area (Å²) in [4.78, 5) is 45.8. The van der Waals surface area contributed by atoms with Gasteiger partial charge in [0.05, 0.1) is 23.5 Å². The van der Waals surface area contributed by atoms with Crippen LogP contribution in [0.1, 0.15) is 21.1 Å². The Morgan fingerprint density at radius 1 is 1.15 bits per heavy atom. The molecule has 178 valence electrons. The highest BCUT2D eigenvalue weighted by atomic mass is 35.5. The predicted octanol–water partition coefficient (Wildman–Crippen LogP) is 2.20. The summed E-state index contributed by atoms with van der Waals surface area (Å²) in [7, 11) is 0. The Kier molecular flexibility index (Phi) is 7.20. The summed E-state index contributed by atoms with van der Waals surface area (Å²) < 4.78 is 0. The number of halogens is 1. The number of thiazole rings is 1. The third-order valence-corrected chi connectivity index (χ3v) is 6.41. The highest BCUT2D eigenvalue weighted by Gasteiger charge is 2.21. The van der Waals surface area contributed by atoms with E-state index in [1.807, 2.05) is 28.9 Å². The lowest BCUT2D eigenvalue weighted by atomic mass is 10.2. The molecule has 4 rings (SSSR count). The molecular weight excluding hydrogens is 478 g/mol. The number of nitrogens with one attached hydrogen (secondary N) is 2. The van der Waals surface area contributed by atoms with Gasteiger partial charge < -0.3 is 16.0 Å². The summed E-state index contributed by atoms with van der Waals surface area (Å²) >= 11 is 7.39. The van der Waals surface area contributed by atoms with Crippen LogP contribution in [-0.2, 0) is 4.79 Å². The zero-order chi connectivity index (χ0) is 24.2. The SMILES string of the molecule is Cc1nc(Nc2ncc(C(=O)Nc3c(C)cccc3Cl)s2)nc(N2CCN(CC(N)=O)CC2)n1. The molecular formula is C21H24ClN9O2S. The molecule has 1 fully saturated rings. The van der Waals surface area contributed by atoms with Crippen molar-refractivity contribution in [3.8, 4) is 0 Å². The quantitative estimate of drug-likeness (QED) is 0.444. The van der Waals surface area contributed by atoms with Gasteiger partial charge in [-0.2, -0.15) is 15.0 Å². The van der Waals surface area contributed by atoms with Crippen LogP contribution in [0.2, 0.25) is 5.02 Å². The highest BCUT2D eigenvalue weighted by Crippen LogP contribution is 2.28. The first-order valence-electron chi connectivity index (χ1n) is 10.6. The van der Waals surface area contributed by atoms with Gasteiger partial charge in [-0.25, -0.2) is 4.98 Å². The molecule has 13 heteroatoms. The molecule has 2 amide bonds. The fourth-order valence-corrected chi connectivity index (χ4v) is 4.46. The molecule has 11 nitrogen and oxygen atoms in total. The van der Waals surface area contributed by atoms with Crippen molar-refractivity contribution < 1.29 is 9.59 Å². The topological polar surface area (TPSA) is 142 Å². The molecule has 1 aliphatic rings. The van der Waals surface area contributed by atoms with E-state index < -0.39 is 0 Å². The number of para-hydroxylation sites is 1. The molecule has 3 aromatic rings. The number of amides is 2. The Morgan fingerprint density at radius 3 is 2.62 bits per heavy atom. The predicted molar refractivity (Wildman–Crippen MR) is 132 cm³/mol. The lowest BCUT2D eigenvalue weighted by Gasteiger charge is -2.34. The molecule has 1 aromatic carbocycles. The minimum absolute atomic E-state index is 0.243. The van der Waals surface area contributed by atoms with Gasteiger partial charge in [0.25, 0.3) is 5.91 Å². The van der Waals surface area contributed by atoms with Crippen LogP contribution >= 0.6 is 22.9 Å². The summed E-state index contributed by atoms with van der Waals surface area (Å²) in [5.74, 6) is 0.788. The Labute approximate surface area is 205 Å². The molecule has 4 N–H and O–H groups in total. The van der Waals surface area contributed by atoms with E-state index in [1.165, 1.54) is 17.5 Å². The van der Waals surface area contributed by atoms with Gasteiger partial charge in [-0.15, -0.1) is 0 Å². The van der Waals surface area contributed by atoms with Crippen LogP contribution in [0.5, 0.6) is 0 Å². The van der Waals surface area contributed by atoms with Gasteiger partial charge in [0.2, 0.25) is 17.8 Å². The summed E-state index contributed by atoms with van der Waals surface area (Å²) in [5, 5.41) is 6.85. The molecule has 34 heavy (non-hydrogen) atoms. The van der Waals surface area contributed by atoms with Crippen LogP contribution in [0.4, 0.5) is 22.7 Å². The molecule has 0 atom stereocenters. The Hall–Kier alpha value is -3.35. The van der Waals surface area contributed by atoms with Crippen molar-refractivity contribution in [1.29, 1.82) is 0 Å². The van der Waals surface area contributed by atoms with Crippen LogP contribution in [0.15, 0.2) is 24.4 Å². The fraction of sp³-hybridized carbons (Fsp3) is 0.333. The average molecular weight is 502 g/mol. The maximum absolute atomic E-state index is 12.7. The van der Waals surface area contributed by atoms with E-state index in [1.54, 1.807) is 13.0 Å². The zero-order valence-corrected chi connectivity index (χ0v) is 20.3. The van der Waals surface area contributed by atoms with E-state index in [-0.39, 0.29) is 18.4 Å². The molecule has 0 unspecified atom stereocenters. The summed E-state index contributed by atoms with van der Waals surface area (Å²) in [5.41, 5.74) is 6.73. The monoisotopic (exact) mass is 501 g/mol. The van der Waals surface area contributed by atoms with Crippen molar-refractivity contribution in [3.05, 3.63) is 45.7 Å². The molecule has 0 saturated carbocycles. The first-order valence-corrected chi connectivity index (χ1v) is 11.8. The molecule has 0 bridgehead atoms. The first-order chi connectivity index (χ1) is 16.3. The number of hydrogen-bond donors (Lipinski definition) is 3. The van der Waals surface area contributed by atoms with Crippen LogP contribution in [0.25, 0.3) is 0 Å². The smallest absolute Gasteiger partial charge is 0.267 e. The van der Waals surface area contributed by atoms with Gasteiger partial charge in [-0.1, -0.05) is 35.1 Å². The maximum Gasteiger partial charge on any atom is 0.267 e. The lowest BCUT2D eigenvalue weighted by molar-refractivity contribution is -0.119. The number of benzene rings is 1. The number of carbonyl (C=O) groups is 2. The zero-order valence-electron chi connectivity index (χ0n) is 18.7. The van der Waals surface area contributed by atoms with Crippen molar-refractivity contribution in [1.82, 2.24) is 24.8 Å². The van der Waals surface area contributed by atoms with Crippen molar-refractivity contribution in [2.45, 2.75) is 13.8 Å². The average Bonchev–Trinajstić information content (AvgIpc) is 3.24. The Bertz CT molecular complexity index is 1190. The number of carbonyl (C=O) groups excluding carboxylic acids is 2. The molecule has 0 radical (unpaired) electrons. The van der Waals surface area contributed by atoms with E-state index in [0.29, 0.717) is 64.6 Å². The van der Waals surface area contributed by atoms with Crippen LogP contribution in [0, 0.1) is 13.8 Å². The van der Waals surface area contributed by atoms with Crippen molar-refractivity contribution in [2.24, 2.45) is 5.73 Å². The number of aromatic nitrogens is 4. The molecule has 1 aliphatic heterocycles. The van der Waals surface area contributed by atoms with E-state index in [4.69, 9.17) is 17.3 Å².